The van der Waals surface area contributed by atoms with Crippen LogP contribution in [0.2, 0.25) is 0 Å². The van der Waals surface area contributed by atoms with Crippen LogP contribution in [0.4, 0.5) is 0 Å². The number of pyridine rings is 1. The quantitative estimate of drug-likeness (QED) is 0.816. The molecular formula is C19H24N2O3. The van der Waals surface area contributed by atoms with Gasteiger partial charge in [-0.05, 0) is 43.5 Å². The van der Waals surface area contributed by atoms with E-state index in [1.54, 1.807) is 12.5 Å². The van der Waals surface area contributed by atoms with Crippen LogP contribution in [-0.2, 0) is 22.6 Å². The molecule has 2 aliphatic heterocycles. The molecule has 24 heavy (non-hydrogen) atoms. The van der Waals surface area contributed by atoms with E-state index in [0.717, 1.165) is 37.4 Å². The molecule has 2 aromatic heterocycles. The third-order valence-electron chi connectivity index (χ3n) is 4.97. The Bertz CT molecular complexity index is 617. The summed E-state index contributed by atoms with van der Waals surface area (Å²) in [5.74, 6) is 1.04. The Labute approximate surface area is 142 Å². The minimum atomic E-state index is 0.207. The molecule has 5 heteroatoms. The van der Waals surface area contributed by atoms with Gasteiger partial charge in [-0.3, -0.25) is 9.88 Å². The van der Waals surface area contributed by atoms with Crippen molar-refractivity contribution in [2.45, 2.75) is 50.7 Å². The maximum absolute atomic E-state index is 6.28. The van der Waals surface area contributed by atoms with Crippen molar-refractivity contribution in [3.63, 3.8) is 0 Å². The number of hydrogen-bond acceptors (Lipinski definition) is 5. The lowest BCUT2D eigenvalue weighted by Crippen LogP contribution is -2.43. The average molecular weight is 328 g/mol. The van der Waals surface area contributed by atoms with Crippen LogP contribution in [0.15, 0.2) is 47.2 Å². The van der Waals surface area contributed by atoms with Gasteiger partial charge in [0.2, 0.25) is 0 Å². The molecule has 128 valence electrons. The van der Waals surface area contributed by atoms with Gasteiger partial charge in [0.1, 0.15) is 5.76 Å². The smallest absolute Gasteiger partial charge is 0.117 e. The predicted octanol–water partition coefficient (Wildman–Crippen LogP) is 3.01. The fraction of sp³-hybridized carbons (Fsp3) is 0.526. The summed E-state index contributed by atoms with van der Waals surface area (Å²) in [6, 6.07) is 10.4. The Kier molecular flexibility index (Phi) is 4.92. The van der Waals surface area contributed by atoms with Crippen LogP contribution in [0.1, 0.15) is 30.7 Å². The minimum absolute atomic E-state index is 0.207. The van der Waals surface area contributed by atoms with Crippen LogP contribution in [-0.4, -0.2) is 41.3 Å². The van der Waals surface area contributed by atoms with Gasteiger partial charge in [-0.25, -0.2) is 0 Å². The Hall–Kier alpha value is -1.69. The molecule has 0 bridgehead atoms. The first-order valence-corrected chi connectivity index (χ1v) is 8.78. The zero-order chi connectivity index (χ0) is 16.2. The van der Waals surface area contributed by atoms with E-state index < -0.39 is 0 Å². The zero-order valence-electron chi connectivity index (χ0n) is 13.8. The van der Waals surface area contributed by atoms with E-state index >= 15 is 0 Å². The first kappa shape index (κ1) is 15.8. The van der Waals surface area contributed by atoms with Crippen LogP contribution in [0.3, 0.4) is 0 Å². The lowest BCUT2D eigenvalue weighted by Gasteiger charge is -2.35. The number of likely N-dealkylation sites (tertiary alicyclic amines) is 1. The maximum atomic E-state index is 6.28. The second-order valence-corrected chi connectivity index (χ2v) is 6.62. The van der Waals surface area contributed by atoms with Crippen LogP contribution < -0.4 is 0 Å². The highest BCUT2D eigenvalue weighted by atomic mass is 16.5. The number of fused-ring (bicyclic) bond motifs is 1. The molecule has 4 heterocycles. The van der Waals surface area contributed by atoms with Crippen molar-refractivity contribution in [2.75, 3.05) is 13.2 Å². The standard InChI is InChI=1S/C19H24N2O3/c1-2-9-20-15(4-1)13-22-14-17-6-7-18-19(24-17)8-10-21(18)12-16-5-3-11-23-16/h1-5,9,11,17-19H,6-8,10,12-14H2/t17-,18+,19+/m1/s1. The largest absolute Gasteiger partial charge is 0.468 e. The van der Waals surface area contributed by atoms with Gasteiger partial charge in [-0.1, -0.05) is 6.07 Å². The molecule has 3 atom stereocenters. The van der Waals surface area contributed by atoms with Crippen molar-refractivity contribution in [2.24, 2.45) is 0 Å². The van der Waals surface area contributed by atoms with E-state index in [2.05, 4.69) is 9.88 Å². The summed E-state index contributed by atoms with van der Waals surface area (Å²) in [5, 5.41) is 0. The number of aromatic nitrogens is 1. The highest BCUT2D eigenvalue weighted by molar-refractivity contribution is 5.02. The van der Waals surface area contributed by atoms with E-state index in [9.17, 15) is 0 Å². The average Bonchev–Trinajstić information content (AvgIpc) is 3.26. The molecule has 5 nitrogen and oxygen atoms in total. The molecule has 0 saturated carbocycles. The van der Waals surface area contributed by atoms with E-state index in [-0.39, 0.29) is 6.10 Å². The summed E-state index contributed by atoms with van der Waals surface area (Å²) in [4.78, 5) is 6.77. The molecule has 0 aromatic carbocycles. The highest BCUT2D eigenvalue weighted by Crippen LogP contribution is 2.32. The molecule has 0 amide bonds. The first-order chi connectivity index (χ1) is 11.9. The number of rotatable bonds is 6. The van der Waals surface area contributed by atoms with Gasteiger partial charge in [-0.2, -0.15) is 0 Å². The Morgan fingerprint density at radius 2 is 2.17 bits per heavy atom. The molecule has 2 fully saturated rings. The molecule has 0 radical (unpaired) electrons. The second kappa shape index (κ2) is 7.47. The van der Waals surface area contributed by atoms with Crippen molar-refractivity contribution in [3.05, 3.63) is 54.2 Å². The number of hydrogen-bond donors (Lipinski definition) is 0. The van der Waals surface area contributed by atoms with Crippen molar-refractivity contribution < 1.29 is 13.9 Å². The summed E-state index contributed by atoms with van der Waals surface area (Å²) in [7, 11) is 0. The van der Waals surface area contributed by atoms with Crippen LogP contribution in [0.5, 0.6) is 0 Å². The summed E-state index contributed by atoms with van der Waals surface area (Å²) >= 11 is 0. The number of nitrogens with zero attached hydrogens (tertiary/aromatic N) is 2. The Morgan fingerprint density at radius 3 is 3.00 bits per heavy atom. The van der Waals surface area contributed by atoms with E-state index in [1.165, 1.54) is 6.42 Å². The highest BCUT2D eigenvalue weighted by Gasteiger charge is 2.39. The molecular weight excluding hydrogens is 304 g/mol. The number of furan rings is 1. The summed E-state index contributed by atoms with van der Waals surface area (Å²) < 4.78 is 17.6. The van der Waals surface area contributed by atoms with Crippen molar-refractivity contribution >= 4 is 0 Å². The van der Waals surface area contributed by atoms with Crippen LogP contribution >= 0.6 is 0 Å². The van der Waals surface area contributed by atoms with Crippen molar-refractivity contribution in [1.29, 1.82) is 0 Å². The SMILES string of the molecule is c1ccc(COC[C@H]2CC[C@H]3[C@H](CCN3Cc3ccco3)O2)nc1. The minimum Gasteiger partial charge on any atom is -0.468 e. The molecule has 0 unspecified atom stereocenters. The summed E-state index contributed by atoms with van der Waals surface area (Å²) in [5.41, 5.74) is 0.969. The van der Waals surface area contributed by atoms with Crippen LogP contribution in [0, 0.1) is 0 Å². The van der Waals surface area contributed by atoms with Gasteiger partial charge < -0.3 is 13.9 Å². The molecule has 0 spiro atoms. The fourth-order valence-electron chi connectivity index (χ4n) is 3.79. The lowest BCUT2D eigenvalue weighted by atomic mass is 9.99. The summed E-state index contributed by atoms with van der Waals surface area (Å²) in [6.45, 7) is 3.17. The van der Waals surface area contributed by atoms with E-state index in [4.69, 9.17) is 13.9 Å². The summed E-state index contributed by atoms with van der Waals surface area (Å²) in [6.07, 6.45) is 7.40. The normalized spacial score (nSPS) is 27.2. The third-order valence-corrected chi connectivity index (χ3v) is 4.97. The molecule has 2 aliphatic rings. The van der Waals surface area contributed by atoms with Crippen LogP contribution in [0.25, 0.3) is 0 Å². The lowest BCUT2D eigenvalue weighted by molar-refractivity contribution is -0.103. The predicted molar refractivity (Wildman–Crippen MR) is 89.3 cm³/mol. The first-order valence-electron chi connectivity index (χ1n) is 8.78. The van der Waals surface area contributed by atoms with Gasteiger partial charge in [0, 0.05) is 18.8 Å². The van der Waals surface area contributed by atoms with Gasteiger partial charge >= 0.3 is 0 Å². The van der Waals surface area contributed by atoms with Gasteiger partial charge in [0.15, 0.2) is 0 Å². The fourth-order valence-corrected chi connectivity index (χ4v) is 3.79. The third kappa shape index (κ3) is 3.69. The second-order valence-electron chi connectivity index (χ2n) is 6.62. The maximum Gasteiger partial charge on any atom is 0.117 e. The van der Waals surface area contributed by atoms with Gasteiger partial charge in [0.25, 0.3) is 0 Å². The zero-order valence-corrected chi connectivity index (χ0v) is 13.8. The van der Waals surface area contributed by atoms with E-state index in [1.807, 2.05) is 30.3 Å². The number of ether oxygens (including phenoxy) is 2. The van der Waals surface area contributed by atoms with E-state index in [0.29, 0.717) is 25.4 Å². The molecule has 2 saturated heterocycles. The molecule has 0 aliphatic carbocycles. The van der Waals surface area contributed by atoms with Gasteiger partial charge in [-0.15, -0.1) is 0 Å². The molecule has 4 rings (SSSR count). The Morgan fingerprint density at radius 1 is 1.17 bits per heavy atom. The topological polar surface area (TPSA) is 47.7 Å². The molecule has 0 N–H and O–H groups in total. The Balaban J connectivity index is 1.23. The van der Waals surface area contributed by atoms with Gasteiger partial charge in [0.05, 0.1) is 43.9 Å². The molecule has 2 aromatic rings. The monoisotopic (exact) mass is 328 g/mol. The van der Waals surface area contributed by atoms with Crippen molar-refractivity contribution in [1.82, 2.24) is 9.88 Å². The van der Waals surface area contributed by atoms with Crippen molar-refractivity contribution in [3.8, 4) is 0 Å².